The molecule has 0 unspecified atom stereocenters. The Morgan fingerprint density at radius 3 is 2.28 bits per heavy atom. The summed E-state index contributed by atoms with van der Waals surface area (Å²) in [5, 5.41) is 0. The molecule has 18 heavy (non-hydrogen) atoms. The van der Waals surface area contributed by atoms with Crippen molar-refractivity contribution in [3.8, 4) is 0 Å². The van der Waals surface area contributed by atoms with Crippen LogP contribution in [0.2, 0.25) is 0 Å². The van der Waals surface area contributed by atoms with Gasteiger partial charge in [-0.1, -0.05) is 13.3 Å². The van der Waals surface area contributed by atoms with Crippen molar-refractivity contribution in [3.05, 3.63) is 18.1 Å². The van der Waals surface area contributed by atoms with Crippen molar-refractivity contribution in [3.63, 3.8) is 0 Å². The van der Waals surface area contributed by atoms with Crippen LogP contribution >= 0.6 is 0 Å². The van der Waals surface area contributed by atoms with Crippen molar-refractivity contribution in [2.45, 2.75) is 58.7 Å². The minimum atomic E-state index is -0.395. The lowest BCUT2D eigenvalue weighted by atomic mass is 9.84. The van der Waals surface area contributed by atoms with E-state index >= 15 is 0 Å². The van der Waals surface area contributed by atoms with Crippen LogP contribution in [0, 0.1) is 0 Å². The molecule has 5 heteroatoms. The van der Waals surface area contributed by atoms with Gasteiger partial charge in [-0.15, -0.1) is 0 Å². The predicted octanol–water partition coefficient (Wildman–Crippen LogP) is 1.73. The summed E-state index contributed by atoms with van der Waals surface area (Å²) >= 11 is 0. The van der Waals surface area contributed by atoms with Crippen molar-refractivity contribution in [2.24, 2.45) is 0 Å². The highest BCUT2D eigenvalue weighted by Gasteiger charge is 2.52. The van der Waals surface area contributed by atoms with Crippen molar-refractivity contribution >= 4 is 12.7 Å². The fourth-order valence-corrected chi connectivity index (χ4v) is 1.90. The molecule has 2 heterocycles. The Labute approximate surface area is 109 Å². The van der Waals surface area contributed by atoms with Gasteiger partial charge in [-0.05, 0) is 40.2 Å². The van der Waals surface area contributed by atoms with Crippen LogP contribution in [0.5, 0.6) is 0 Å². The highest BCUT2D eigenvalue weighted by molar-refractivity contribution is 6.61. The van der Waals surface area contributed by atoms with Crippen molar-refractivity contribution < 1.29 is 9.31 Å². The zero-order chi connectivity index (χ0) is 13.4. The first kappa shape index (κ1) is 13.5. The molecule has 1 aromatic heterocycles. The van der Waals surface area contributed by atoms with E-state index < -0.39 is 7.12 Å². The molecule has 0 amide bonds. The van der Waals surface area contributed by atoms with Gasteiger partial charge in [0.05, 0.1) is 16.8 Å². The van der Waals surface area contributed by atoms with Crippen LogP contribution in [-0.4, -0.2) is 28.3 Å². The summed E-state index contributed by atoms with van der Waals surface area (Å²) in [6.07, 6.45) is 3.61. The molecule has 2 rings (SSSR count). The molecule has 0 atom stereocenters. The van der Waals surface area contributed by atoms with E-state index in [-0.39, 0.29) is 11.2 Å². The molecule has 0 aromatic carbocycles. The zero-order valence-electron chi connectivity index (χ0n) is 11.9. The summed E-state index contributed by atoms with van der Waals surface area (Å²) in [6.45, 7) is 10.3. The second-order valence-corrected chi connectivity index (χ2v) is 5.77. The van der Waals surface area contributed by atoms with Gasteiger partial charge in [0.15, 0.2) is 0 Å². The third-order valence-electron chi connectivity index (χ3n) is 3.75. The third kappa shape index (κ3) is 2.42. The Morgan fingerprint density at radius 2 is 1.72 bits per heavy atom. The summed E-state index contributed by atoms with van der Waals surface area (Å²) in [5.41, 5.74) is 1.20. The maximum atomic E-state index is 5.97. The van der Waals surface area contributed by atoms with E-state index in [2.05, 4.69) is 16.9 Å². The van der Waals surface area contributed by atoms with Gasteiger partial charge in [0, 0.05) is 5.69 Å². The van der Waals surface area contributed by atoms with Gasteiger partial charge in [-0.2, -0.15) is 0 Å². The Bertz CT molecular complexity index is 419. The minimum absolute atomic E-state index is 0.326. The zero-order valence-corrected chi connectivity index (χ0v) is 11.9. The number of rotatable bonds is 3. The lowest BCUT2D eigenvalue weighted by Crippen LogP contribution is -2.41. The fourth-order valence-electron chi connectivity index (χ4n) is 1.90. The summed E-state index contributed by atoms with van der Waals surface area (Å²) < 4.78 is 11.9. The molecule has 0 aliphatic carbocycles. The molecule has 98 valence electrons. The van der Waals surface area contributed by atoms with E-state index in [1.807, 2.05) is 33.8 Å². The molecule has 0 saturated carbocycles. The lowest BCUT2D eigenvalue weighted by Gasteiger charge is -2.32. The molecular weight excluding hydrogens is 227 g/mol. The van der Waals surface area contributed by atoms with E-state index in [0.717, 1.165) is 24.1 Å². The number of hydrogen-bond donors (Lipinski definition) is 0. The molecule has 1 saturated heterocycles. The van der Waals surface area contributed by atoms with Gasteiger partial charge >= 0.3 is 7.12 Å². The summed E-state index contributed by atoms with van der Waals surface area (Å²) in [6, 6.07) is 1.98. The molecule has 0 N–H and O–H groups in total. The monoisotopic (exact) mass is 248 g/mol. The van der Waals surface area contributed by atoms with E-state index in [9.17, 15) is 0 Å². The van der Waals surface area contributed by atoms with E-state index in [1.165, 1.54) is 0 Å². The maximum Gasteiger partial charge on any atom is 0.514 e. The highest BCUT2D eigenvalue weighted by atomic mass is 16.7. The molecule has 1 aliphatic heterocycles. The first-order valence-corrected chi connectivity index (χ1v) is 6.52. The number of aromatic nitrogens is 2. The van der Waals surface area contributed by atoms with Crippen LogP contribution in [0.4, 0.5) is 0 Å². The van der Waals surface area contributed by atoms with Crippen molar-refractivity contribution in [2.75, 3.05) is 0 Å². The molecule has 1 aliphatic rings. The van der Waals surface area contributed by atoms with Gasteiger partial charge in [0.2, 0.25) is 0 Å². The lowest BCUT2D eigenvalue weighted by molar-refractivity contribution is 0.00578. The van der Waals surface area contributed by atoms with Crippen LogP contribution in [0.25, 0.3) is 0 Å². The van der Waals surface area contributed by atoms with E-state index in [0.29, 0.717) is 0 Å². The standard InChI is InChI=1S/C13H21BN2O2/c1-6-7-10-8-11(16-9-15-10)14-17-12(2,3)13(4,5)18-14/h8-9H,6-7H2,1-5H3. The number of nitrogens with zero attached hydrogens (tertiary/aromatic N) is 2. The van der Waals surface area contributed by atoms with Crippen LogP contribution in [0.1, 0.15) is 46.7 Å². The molecule has 0 bridgehead atoms. The van der Waals surface area contributed by atoms with Crippen LogP contribution < -0.4 is 5.59 Å². The normalized spacial score (nSPS) is 21.3. The van der Waals surface area contributed by atoms with Crippen LogP contribution in [0.3, 0.4) is 0 Å². The topological polar surface area (TPSA) is 44.2 Å². The summed E-state index contributed by atoms with van der Waals surface area (Å²) in [4.78, 5) is 8.52. The van der Waals surface area contributed by atoms with Gasteiger partial charge < -0.3 is 9.31 Å². The molecular formula is C13H21BN2O2. The predicted molar refractivity (Wildman–Crippen MR) is 71.7 cm³/mol. The third-order valence-corrected chi connectivity index (χ3v) is 3.75. The average Bonchev–Trinajstić information content (AvgIpc) is 2.49. The first-order chi connectivity index (χ1) is 8.36. The summed E-state index contributed by atoms with van der Waals surface area (Å²) in [5.74, 6) is 0. The van der Waals surface area contributed by atoms with E-state index in [4.69, 9.17) is 9.31 Å². The number of hydrogen-bond acceptors (Lipinski definition) is 4. The van der Waals surface area contributed by atoms with Gasteiger partial charge in [-0.3, -0.25) is 0 Å². The van der Waals surface area contributed by atoms with Gasteiger partial charge in [0.25, 0.3) is 0 Å². The average molecular weight is 248 g/mol. The maximum absolute atomic E-state index is 5.97. The SMILES string of the molecule is CCCc1cc(B2OC(C)(C)C(C)(C)O2)ncn1. The first-order valence-electron chi connectivity index (χ1n) is 6.52. The van der Waals surface area contributed by atoms with Gasteiger partial charge in [0.1, 0.15) is 6.33 Å². The second-order valence-electron chi connectivity index (χ2n) is 5.77. The molecule has 4 nitrogen and oxygen atoms in total. The Hall–Kier alpha value is -0.935. The molecule has 0 spiro atoms. The molecule has 1 fully saturated rings. The second kappa shape index (κ2) is 4.63. The Balaban J connectivity index is 2.21. The van der Waals surface area contributed by atoms with Crippen LogP contribution in [0.15, 0.2) is 12.4 Å². The van der Waals surface area contributed by atoms with Crippen molar-refractivity contribution in [1.29, 1.82) is 0 Å². The smallest absolute Gasteiger partial charge is 0.398 e. The summed E-state index contributed by atoms with van der Waals surface area (Å²) in [7, 11) is -0.395. The van der Waals surface area contributed by atoms with Crippen LogP contribution in [-0.2, 0) is 15.7 Å². The largest absolute Gasteiger partial charge is 0.514 e. The Morgan fingerprint density at radius 1 is 1.11 bits per heavy atom. The minimum Gasteiger partial charge on any atom is -0.398 e. The number of aryl methyl sites for hydroxylation is 1. The fraction of sp³-hybridized carbons (Fsp3) is 0.692. The van der Waals surface area contributed by atoms with Gasteiger partial charge in [-0.25, -0.2) is 9.97 Å². The molecule has 1 aromatic rings. The molecule has 0 radical (unpaired) electrons. The Kier molecular flexibility index (Phi) is 3.47. The quantitative estimate of drug-likeness (QED) is 0.764. The van der Waals surface area contributed by atoms with Crippen molar-refractivity contribution in [1.82, 2.24) is 9.97 Å². The van der Waals surface area contributed by atoms with E-state index in [1.54, 1.807) is 6.33 Å². The highest BCUT2D eigenvalue weighted by Crippen LogP contribution is 2.36.